The van der Waals surface area contributed by atoms with Crippen LogP contribution >= 0.6 is 0 Å². The lowest BCUT2D eigenvalue weighted by Gasteiger charge is -2.04. The van der Waals surface area contributed by atoms with Gasteiger partial charge < -0.3 is 0 Å². The van der Waals surface area contributed by atoms with E-state index in [0.717, 1.165) is 18.4 Å². The van der Waals surface area contributed by atoms with Gasteiger partial charge >= 0.3 is 5.97 Å². The molecule has 0 aromatic heterocycles. The molecule has 3 nitrogen and oxygen atoms in total. The molecule has 0 N–H and O–H groups in total. The Morgan fingerprint density at radius 1 is 1.05 bits per heavy atom. The first-order valence-corrected chi connectivity index (χ1v) is 7.64. The molecule has 0 saturated carbocycles. The van der Waals surface area contributed by atoms with Crippen molar-refractivity contribution in [2.75, 3.05) is 6.61 Å². The van der Waals surface area contributed by atoms with E-state index in [0.29, 0.717) is 12.2 Å². The van der Waals surface area contributed by atoms with Crippen molar-refractivity contribution in [2.24, 2.45) is 0 Å². The van der Waals surface area contributed by atoms with Gasteiger partial charge in [-0.1, -0.05) is 63.1 Å². The average Bonchev–Trinajstić information content (AvgIpc) is 2.45. The Hall–Kier alpha value is -1.35. The van der Waals surface area contributed by atoms with E-state index < -0.39 is 5.97 Å². The van der Waals surface area contributed by atoms with Crippen molar-refractivity contribution in [1.29, 1.82) is 0 Å². The molecular formula is C17H26O3. The topological polar surface area (TPSA) is 35.5 Å². The molecule has 112 valence electrons. The molecule has 0 aliphatic heterocycles. The number of aryl methyl sites for hydroxylation is 1. The smallest absolute Gasteiger partial charge is 0.293 e. The van der Waals surface area contributed by atoms with Gasteiger partial charge in [0.2, 0.25) is 0 Å². The van der Waals surface area contributed by atoms with Crippen LogP contribution in [0.1, 0.15) is 67.8 Å². The Labute approximate surface area is 122 Å². The Morgan fingerprint density at radius 2 is 1.75 bits per heavy atom. The summed E-state index contributed by atoms with van der Waals surface area (Å²) in [5.41, 5.74) is 1.57. The molecule has 0 spiro atoms. The first kappa shape index (κ1) is 16.7. The van der Waals surface area contributed by atoms with Crippen molar-refractivity contribution in [3.05, 3.63) is 35.4 Å². The Bertz CT molecular complexity index is 388. The third-order valence-corrected chi connectivity index (χ3v) is 3.22. The van der Waals surface area contributed by atoms with Crippen LogP contribution in [0.15, 0.2) is 24.3 Å². The highest BCUT2D eigenvalue weighted by Gasteiger charge is 2.07. The van der Waals surface area contributed by atoms with Crippen LogP contribution in [-0.4, -0.2) is 12.6 Å². The Balaban J connectivity index is 2.02. The lowest BCUT2D eigenvalue weighted by molar-refractivity contribution is -0.241. The highest BCUT2D eigenvalue weighted by molar-refractivity contribution is 5.89. The lowest BCUT2D eigenvalue weighted by atomic mass is 10.1. The van der Waals surface area contributed by atoms with Crippen LogP contribution in [0.5, 0.6) is 0 Å². The van der Waals surface area contributed by atoms with Gasteiger partial charge in [0.1, 0.15) is 0 Å². The van der Waals surface area contributed by atoms with Gasteiger partial charge in [0.15, 0.2) is 0 Å². The summed E-state index contributed by atoms with van der Waals surface area (Å²) in [5.74, 6) is -0.420. The van der Waals surface area contributed by atoms with Gasteiger partial charge in [-0.3, -0.25) is 4.89 Å². The van der Waals surface area contributed by atoms with Crippen LogP contribution < -0.4 is 0 Å². The SMILES string of the molecule is CCCCCCCCCOOC(=O)c1cccc(C)c1. The summed E-state index contributed by atoms with van der Waals surface area (Å²) in [6.07, 6.45) is 8.51. The number of benzene rings is 1. The highest BCUT2D eigenvalue weighted by Crippen LogP contribution is 2.08. The molecule has 3 heteroatoms. The van der Waals surface area contributed by atoms with E-state index in [2.05, 4.69) is 6.92 Å². The monoisotopic (exact) mass is 278 g/mol. The Kier molecular flexibility index (Phi) is 8.72. The molecule has 0 fully saturated rings. The summed E-state index contributed by atoms with van der Waals surface area (Å²) < 4.78 is 0. The highest BCUT2D eigenvalue weighted by atomic mass is 17.2. The fourth-order valence-electron chi connectivity index (χ4n) is 2.03. The fraction of sp³-hybridized carbons (Fsp3) is 0.588. The number of carbonyl (C=O) groups is 1. The molecule has 0 unspecified atom stereocenters. The van der Waals surface area contributed by atoms with Crippen LogP contribution in [0.4, 0.5) is 0 Å². The van der Waals surface area contributed by atoms with Gasteiger partial charge in [0.25, 0.3) is 0 Å². The van der Waals surface area contributed by atoms with E-state index in [1.54, 1.807) is 12.1 Å². The molecule has 0 saturated heterocycles. The van der Waals surface area contributed by atoms with Crippen LogP contribution in [0.25, 0.3) is 0 Å². The van der Waals surface area contributed by atoms with Crippen molar-refractivity contribution < 1.29 is 14.6 Å². The summed E-state index contributed by atoms with van der Waals surface area (Å²) in [4.78, 5) is 21.4. The first-order valence-electron chi connectivity index (χ1n) is 7.64. The normalized spacial score (nSPS) is 10.5. The molecule has 1 rings (SSSR count). The number of hydrogen-bond donors (Lipinski definition) is 0. The van der Waals surface area contributed by atoms with Crippen molar-refractivity contribution >= 4 is 5.97 Å². The molecule has 0 aliphatic carbocycles. The maximum Gasteiger partial charge on any atom is 0.373 e. The van der Waals surface area contributed by atoms with Gasteiger partial charge in [-0.15, -0.1) is 0 Å². The second-order valence-corrected chi connectivity index (χ2v) is 5.18. The molecule has 1 aromatic rings. The average molecular weight is 278 g/mol. The lowest BCUT2D eigenvalue weighted by Crippen LogP contribution is -2.07. The van der Waals surface area contributed by atoms with Crippen molar-refractivity contribution in [3.8, 4) is 0 Å². The number of hydrogen-bond acceptors (Lipinski definition) is 3. The molecule has 0 radical (unpaired) electrons. The van der Waals surface area contributed by atoms with E-state index in [1.165, 1.54) is 32.1 Å². The maximum atomic E-state index is 11.7. The molecule has 0 bridgehead atoms. The number of carbonyl (C=O) groups excluding carboxylic acids is 1. The minimum Gasteiger partial charge on any atom is -0.293 e. The van der Waals surface area contributed by atoms with Gasteiger partial charge in [0, 0.05) is 0 Å². The van der Waals surface area contributed by atoms with Crippen LogP contribution in [0.3, 0.4) is 0 Å². The molecule has 1 aromatic carbocycles. The molecule has 0 amide bonds. The van der Waals surface area contributed by atoms with E-state index >= 15 is 0 Å². The van der Waals surface area contributed by atoms with Crippen molar-refractivity contribution in [1.82, 2.24) is 0 Å². The summed E-state index contributed by atoms with van der Waals surface area (Å²) in [7, 11) is 0. The zero-order valence-electron chi connectivity index (χ0n) is 12.7. The minimum absolute atomic E-state index is 0.420. The first-order chi connectivity index (χ1) is 9.74. The number of unbranched alkanes of at least 4 members (excludes halogenated alkanes) is 6. The van der Waals surface area contributed by atoms with E-state index in [-0.39, 0.29) is 0 Å². The molecule has 0 aliphatic rings. The van der Waals surface area contributed by atoms with Gasteiger partial charge in [-0.05, 0) is 25.5 Å². The van der Waals surface area contributed by atoms with Crippen LogP contribution in [-0.2, 0) is 9.78 Å². The predicted molar refractivity (Wildman–Crippen MR) is 80.5 cm³/mol. The van der Waals surface area contributed by atoms with Crippen molar-refractivity contribution in [2.45, 2.75) is 58.8 Å². The summed E-state index contributed by atoms with van der Waals surface area (Å²) >= 11 is 0. The Morgan fingerprint density at radius 3 is 2.45 bits per heavy atom. The zero-order chi connectivity index (χ0) is 14.6. The molecule has 0 heterocycles. The van der Waals surface area contributed by atoms with Crippen LogP contribution in [0.2, 0.25) is 0 Å². The van der Waals surface area contributed by atoms with Crippen molar-refractivity contribution in [3.63, 3.8) is 0 Å². The minimum atomic E-state index is -0.420. The van der Waals surface area contributed by atoms with Crippen LogP contribution in [0, 0.1) is 6.92 Å². The maximum absolute atomic E-state index is 11.7. The quantitative estimate of drug-likeness (QED) is 0.349. The second kappa shape index (κ2) is 10.4. The van der Waals surface area contributed by atoms with E-state index in [4.69, 9.17) is 9.78 Å². The second-order valence-electron chi connectivity index (χ2n) is 5.18. The van der Waals surface area contributed by atoms with Gasteiger partial charge in [0.05, 0.1) is 12.2 Å². The molecule has 20 heavy (non-hydrogen) atoms. The summed E-state index contributed by atoms with van der Waals surface area (Å²) in [5, 5.41) is 0. The summed E-state index contributed by atoms with van der Waals surface area (Å²) in [6.45, 7) is 4.64. The zero-order valence-corrected chi connectivity index (χ0v) is 12.7. The number of rotatable bonds is 10. The third-order valence-electron chi connectivity index (χ3n) is 3.22. The summed E-state index contributed by atoms with van der Waals surface area (Å²) in [6, 6.07) is 7.30. The standard InChI is InChI=1S/C17H26O3/c1-3-4-5-6-7-8-9-13-19-20-17(18)16-12-10-11-15(2)14-16/h10-12,14H,3-9,13H2,1-2H3. The molecular weight excluding hydrogens is 252 g/mol. The largest absolute Gasteiger partial charge is 0.373 e. The third kappa shape index (κ3) is 7.29. The van der Waals surface area contributed by atoms with E-state index in [9.17, 15) is 4.79 Å². The van der Waals surface area contributed by atoms with Gasteiger partial charge in [-0.25, -0.2) is 4.79 Å². The van der Waals surface area contributed by atoms with E-state index in [1.807, 2.05) is 19.1 Å². The fourth-order valence-corrected chi connectivity index (χ4v) is 2.03. The predicted octanol–water partition coefficient (Wildman–Crippen LogP) is 4.83. The van der Waals surface area contributed by atoms with Gasteiger partial charge in [-0.2, -0.15) is 4.89 Å². The molecule has 0 atom stereocenters.